The van der Waals surface area contributed by atoms with Crippen molar-refractivity contribution in [3.8, 4) is 0 Å². The number of hydrogen-bond acceptors (Lipinski definition) is 5. The van der Waals surface area contributed by atoms with Gasteiger partial charge in [0, 0.05) is 11.9 Å². The molecule has 2 amide bonds. The molecule has 0 aliphatic carbocycles. The number of urea groups is 1. The summed E-state index contributed by atoms with van der Waals surface area (Å²) in [6, 6.07) is 11.6. The molecular weight excluding hydrogens is 405 g/mol. The van der Waals surface area contributed by atoms with Crippen molar-refractivity contribution in [3.05, 3.63) is 87.4 Å². The van der Waals surface area contributed by atoms with E-state index < -0.39 is 38.0 Å². The molecule has 10 nitrogen and oxygen atoms in total. The van der Waals surface area contributed by atoms with Crippen molar-refractivity contribution >= 4 is 27.4 Å². The van der Waals surface area contributed by atoms with Gasteiger partial charge in [-0.15, -0.1) is 4.83 Å². The zero-order chi connectivity index (χ0) is 21.0. The van der Waals surface area contributed by atoms with Crippen LogP contribution in [-0.2, 0) is 10.0 Å². The van der Waals surface area contributed by atoms with Crippen LogP contribution in [0.4, 0.5) is 20.6 Å². The monoisotopic (exact) mass is 419 g/mol. The van der Waals surface area contributed by atoms with Crippen molar-refractivity contribution in [2.45, 2.75) is 4.90 Å². The van der Waals surface area contributed by atoms with Gasteiger partial charge in [-0.3, -0.25) is 9.78 Å². The lowest BCUT2D eigenvalue weighted by molar-refractivity contribution is 0.256. The molecule has 0 atom stereocenters. The van der Waals surface area contributed by atoms with Crippen LogP contribution in [-0.4, -0.2) is 24.4 Å². The van der Waals surface area contributed by atoms with Crippen LogP contribution < -0.4 is 26.4 Å². The number of aromatic amines is 2. The minimum absolute atomic E-state index is 0.0238. The first-order chi connectivity index (χ1) is 13.8. The number of rotatable bonds is 5. The molecule has 0 unspecified atom stereocenters. The van der Waals surface area contributed by atoms with Crippen LogP contribution in [0.2, 0.25) is 0 Å². The fraction of sp³-hybridized carbons (Fsp3) is 0. The lowest BCUT2D eigenvalue weighted by Gasteiger charge is -2.23. The highest BCUT2D eigenvalue weighted by Crippen LogP contribution is 2.17. The number of hydrogen-bond donors (Lipinski definition) is 4. The van der Waals surface area contributed by atoms with E-state index in [2.05, 4.69) is 5.32 Å². The number of nitrogens with one attached hydrogen (secondary N) is 4. The first-order valence-electron chi connectivity index (χ1n) is 8.02. The Morgan fingerprint density at radius 3 is 2.28 bits per heavy atom. The Morgan fingerprint density at radius 1 is 1.00 bits per heavy atom. The Labute approximate surface area is 163 Å². The minimum atomic E-state index is -4.60. The van der Waals surface area contributed by atoms with Gasteiger partial charge in [-0.2, -0.15) is 0 Å². The molecule has 0 aliphatic heterocycles. The summed E-state index contributed by atoms with van der Waals surface area (Å²) in [6.07, 6.45) is 0.696. The highest BCUT2D eigenvalue weighted by atomic mass is 32.2. The average Bonchev–Trinajstić information content (AvgIpc) is 2.67. The largest absolute Gasteiger partial charge is 0.341 e. The summed E-state index contributed by atoms with van der Waals surface area (Å²) in [6.45, 7) is 0. The molecule has 0 spiro atoms. The van der Waals surface area contributed by atoms with E-state index in [0.717, 1.165) is 12.1 Å². The van der Waals surface area contributed by atoms with Crippen molar-refractivity contribution in [2.75, 3.05) is 10.3 Å². The van der Waals surface area contributed by atoms with Gasteiger partial charge in [-0.1, -0.05) is 18.2 Å². The molecule has 1 heterocycles. The van der Waals surface area contributed by atoms with Gasteiger partial charge in [-0.25, -0.2) is 27.4 Å². The number of amides is 2. The van der Waals surface area contributed by atoms with E-state index >= 15 is 0 Å². The van der Waals surface area contributed by atoms with Crippen LogP contribution in [0.3, 0.4) is 0 Å². The summed E-state index contributed by atoms with van der Waals surface area (Å²) in [4.78, 5) is 40.6. The zero-order valence-corrected chi connectivity index (χ0v) is 15.4. The number of halogens is 1. The SMILES string of the molecule is O=C(Nc1ccccc1)N(NS(=O)(=O)c1c[nH]c(=O)[nH]c1=O)c1ccc(F)cc1. The van der Waals surface area contributed by atoms with Gasteiger partial charge in [0.15, 0.2) is 4.90 Å². The lowest BCUT2D eigenvalue weighted by Crippen LogP contribution is -2.49. The standard InChI is InChI=1S/C17H14FN5O5S/c18-11-6-8-13(9-7-11)23(17(26)20-12-4-2-1-3-5-12)22-29(27,28)14-10-19-16(25)21-15(14)24/h1-10,22H,(H,20,26)(H2,19,21,24,25). The molecule has 0 bridgehead atoms. The fourth-order valence-corrected chi connectivity index (χ4v) is 3.31. The summed E-state index contributed by atoms with van der Waals surface area (Å²) < 4.78 is 38.5. The van der Waals surface area contributed by atoms with Gasteiger partial charge in [0.05, 0.1) is 5.69 Å². The first-order valence-corrected chi connectivity index (χ1v) is 9.51. The summed E-state index contributed by atoms with van der Waals surface area (Å²) in [5.74, 6) is -0.600. The second-order valence-corrected chi connectivity index (χ2v) is 7.27. The molecule has 0 fully saturated rings. The molecule has 1 aromatic heterocycles. The van der Waals surface area contributed by atoms with Crippen LogP contribution in [0.1, 0.15) is 0 Å². The van der Waals surface area contributed by atoms with Crippen molar-refractivity contribution in [1.82, 2.24) is 14.8 Å². The maximum absolute atomic E-state index is 13.3. The van der Waals surface area contributed by atoms with E-state index in [-0.39, 0.29) is 5.69 Å². The molecule has 4 N–H and O–H groups in total. The van der Waals surface area contributed by atoms with E-state index in [4.69, 9.17) is 0 Å². The van der Waals surface area contributed by atoms with Crippen LogP contribution in [0.5, 0.6) is 0 Å². The van der Waals surface area contributed by atoms with Crippen molar-refractivity contribution in [3.63, 3.8) is 0 Å². The van der Waals surface area contributed by atoms with Crippen molar-refractivity contribution in [1.29, 1.82) is 0 Å². The zero-order valence-electron chi connectivity index (χ0n) is 14.5. The van der Waals surface area contributed by atoms with Gasteiger partial charge >= 0.3 is 11.7 Å². The first kappa shape index (κ1) is 20.0. The quantitative estimate of drug-likeness (QED) is 0.458. The number of carbonyl (C=O) groups excluding carboxylic acids is 1. The average molecular weight is 419 g/mol. The molecule has 29 heavy (non-hydrogen) atoms. The molecule has 2 aromatic carbocycles. The predicted molar refractivity (Wildman–Crippen MR) is 102 cm³/mol. The van der Waals surface area contributed by atoms with E-state index in [9.17, 15) is 27.2 Å². The molecular formula is C17H14FN5O5S. The minimum Gasteiger partial charge on any atom is -0.313 e. The summed E-state index contributed by atoms with van der Waals surface area (Å²) in [5.41, 5.74) is -1.73. The fourth-order valence-electron chi connectivity index (χ4n) is 2.27. The topological polar surface area (TPSA) is 144 Å². The smallest absolute Gasteiger partial charge is 0.313 e. The molecule has 0 saturated heterocycles. The summed E-state index contributed by atoms with van der Waals surface area (Å²) in [5, 5.41) is 3.07. The lowest BCUT2D eigenvalue weighted by atomic mass is 10.3. The molecule has 3 rings (SSSR count). The molecule has 0 saturated carbocycles. The van der Waals surface area contributed by atoms with Gasteiger partial charge in [-0.05, 0) is 36.4 Å². The van der Waals surface area contributed by atoms with E-state index in [1.165, 1.54) is 12.1 Å². The van der Waals surface area contributed by atoms with Crippen LogP contribution in [0, 0.1) is 5.82 Å². The molecule has 0 radical (unpaired) electrons. The van der Waals surface area contributed by atoms with Crippen LogP contribution in [0.15, 0.2) is 75.3 Å². The van der Waals surface area contributed by atoms with Gasteiger partial charge in [0.2, 0.25) is 0 Å². The predicted octanol–water partition coefficient (Wildman–Crippen LogP) is 1.13. The van der Waals surface area contributed by atoms with Gasteiger partial charge in [0.1, 0.15) is 5.82 Å². The highest BCUT2D eigenvalue weighted by molar-refractivity contribution is 7.89. The third-order valence-corrected chi connectivity index (χ3v) is 4.90. The normalized spacial score (nSPS) is 11.1. The second kappa shape index (κ2) is 8.08. The number of hydrazine groups is 1. The third kappa shape index (κ3) is 4.75. The Morgan fingerprint density at radius 2 is 1.66 bits per heavy atom. The highest BCUT2D eigenvalue weighted by Gasteiger charge is 2.26. The Bertz CT molecular complexity index is 1240. The van der Waals surface area contributed by atoms with Crippen molar-refractivity contribution < 1.29 is 17.6 Å². The maximum Gasteiger partial charge on any atom is 0.341 e. The summed E-state index contributed by atoms with van der Waals surface area (Å²) in [7, 11) is -4.60. The van der Waals surface area contributed by atoms with Gasteiger partial charge in [0.25, 0.3) is 15.6 Å². The second-order valence-electron chi connectivity index (χ2n) is 5.64. The number of carbonyl (C=O) groups is 1. The van der Waals surface area contributed by atoms with E-state index in [1.54, 1.807) is 35.3 Å². The van der Waals surface area contributed by atoms with Crippen LogP contribution in [0.25, 0.3) is 0 Å². The number of para-hydroxylation sites is 1. The number of H-pyrrole nitrogens is 2. The number of sulfonamides is 1. The molecule has 12 heteroatoms. The Kier molecular flexibility index (Phi) is 5.57. The van der Waals surface area contributed by atoms with E-state index in [0.29, 0.717) is 16.9 Å². The Hall–Kier alpha value is -3.77. The molecule has 3 aromatic rings. The molecule has 150 valence electrons. The Balaban J connectivity index is 1.98. The van der Waals surface area contributed by atoms with Gasteiger partial charge < -0.3 is 10.3 Å². The third-order valence-electron chi connectivity index (χ3n) is 3.60. The number of benzene rings is 2. The van der Waals surface area contributed by atoms with E-state index in [1.807, 2.05) is 9.82 Å². The molecule has 0 aliphatic rings. The number of nitrogens with zero attached hydrogens (tertiary/aromatic N) is 1. The number of aromatic nitrogens is 2. The summed E-state index contributed by atoms with van der Waals surface area (Å²) >= 11 is 0. The van der Waals surface area contributed by atoms with Crippen molar-refractivity contribution in [2.24, 2.45) is 0 Å². The number of anilines is 2. The maximum atomic E-state index is 13.3. The van der Waals surface area contributed by atoms with Crippen LogP contribution >= 0.6 is 0 Å².